The fraction of sp³-hybridized carbons (Fsp3) is 0.333. The van der Waals surface area contributed by atoms with Crippen molar-refractivity contribution in [2.45, 2.75) is 26.8 Å². The number of aryl methyl sites for hydroxylation is 1. The topological polar surface area (TPSA) is 102 Å². The van der Waals surface area contributed by atoms with Gasteiger partial charge >= 0.3 is 5.97 Å². The van der Waals surface area contributed by atoms with Gasteiger partial charge in [-0.1, -0.05) is 29.8 Å². The molecule has 1 atom stereocenters. The number of carbonyl (C=O) groups excluding carboxylic acids is 3. The standard InChI is InChI=1S/C18H21ClN4O4/c1-4-20-17(25)12(3)21-14(24)10-27-18(26)15-11(2)22-23(16(15)19)13-8-6-5-7-9-13/h5-9,12H,4,10H2,1-3H3,(H,20,25)(H,21,24)/t12-/m1/s1. The Kier molecular flexibility index (Phi) is 6.95. The first-order chi connectivity index (χ1) is 12.8. The zero-order chi connectivity index (χ0) is 20.0. The van der Waals surface area contributed by atoms with Crippen molar-refractivity contribution >= 4 is 29.4 Å². The molecule has 0 aliphatic carbocycles. The van der Waals surface area contributed by atoms with Crippen LogP contribution >= 0.6 is 11.6 Å². The van der Waals surface area contributed by atoms with Crippen LogP contribution in [0.4, 0.5) is 0 Å². The van der Waals surface area contributed by atoms with Gasteiger partial charge in [-0.3, -0.25) is 9.59 Å². The SMILES string of the molecule is CCNC(=O)[C@@H](C)NC(=O)COC(=O)c1c(C)nn(-c2ccccc2)c1Cl. The number of nitrogens with one attached hydrogen (secondary N) is 2. The number of hydrogen-bond donors (Lipinski definition) is 2. The molecule has 0 spiro atoms. The maximum atomic E-state index is 12.3. The molecule has 1 aromatic carbocycles. The fourth-order valence-electron chi connectivity index (χ4n) is 2.35. The Labute approximate surface area is 161 Å². The summed E-state index contributed by atoms with van der Waals surface area (Å²) < 4.78 is 6.44. The second-order valence-corrected chi connectivity index (χ2v) is 6.12. The van der Waals surface area contributed by atoms with Crippen molar-refractivity contribution in [3.8, 4) is 5.69 Å². The number of carbonyl (C=O) groups is 3. The Morgan fingerprint density at radius 2 is 1.93 bits per heavy atom. The van der Waals surface area contributed by atoms with Crippen LogP contribution in [0.25, 0.3) is 5.69 Å². The molecule has 0 unspecified atom stereocenters. The summed E-state index contributed by atoms with van der Waals surface area (Å²) in [6.07, 6.45) is 0. The number of amides is 2. The van der Waals surface area contributed by atoms with Gasteiger partial charge in [-0.2, -0.15) is 5.10 Å². The fourth-order valence-corrected chi connectivity index (χ4v) is 2.70. The van der Waals surface area contributed by atoms with Crippen LogP contribution in [0.15, 0.2) is 30.3 Å². The number of benzene rings is 1. The molecule has 8 nitrogen and oxygen atoms in total. The lowest BCUT2D eigenvalue weighted by Gasteiger charge is -2.13. The van der Waals surface area contributed by atoms with Gasteiger partial charge in [-0.05, 0) is 32.9 Å². The lowest BCUT2D eigenvalue weighted by molar-refractivity contribution is -0.130. The first-order valence-electron chi connectivity index (χ1n) is 8.39. The second kappa shape index (κ2) is 9.18. The van der Waals surface area contributed by atoms with Crippen LogP contribution in [-0.2, 0) is 14.3 Å². The minimum absolute atomic E-state index is 0.0881. The lowest BCUT2D eigenvalue weighted by atomic mass is 10.2. The number of likely N-dealkylation sites (N-methyl/N-ethyl adjacent to an activating group) is 1. The van der Waals surface area contributed by atoms with Crippen LogP contribution in [-0.4, -0.2) is 46.8 Å². The van der Waals surface area contributed by atoms with E-state index in [0.717, 1.165) is 0 Å². The summed E-state index contributed by atoms with van der Waals surface area (Å²) in [5.74, 6) is -1.67. The van der Waals surface area contributed by atoms with Crippen LogP contribution in [0.1, 0.15) is 29.9 Å². The van der Waals surface area contributed by atoms with E-state index in [4.69, 9.17) is 16.3 Å². The maximum absolute atomic E-state index is 12.3. The summed E-state index contributed by atoms with van der Waals surface area (Å²) in [4.78, 5) is 35.8. The van der Waals surface area contributed by atoms with Gasteiger partial charge in [0.25, 0.3) is 5.91 Å². The molecule has 0 saturated carbocycles. The predicted octanol–water partition coefficient (Wildman–Crippen LogP) is 1.63. The third-order valence-corrected chi connectivity index (χ3v) is 4.01. The highest BCUT2D eigenvalue weighted by Crippen LogP contribution is 2.24. The quantitative estimate of drug-likeness (QED) is 0.697. The highest BCUT2D eigenvalue weighted by Gasteiger charge is 2.23. The van der Waals surface area contributed by atoms with E-state index in [9.17, 15) is 14.4 Å². The number of esters is 1. The van der Waals surface area contributed by atoms with Crippen LogP contribution in [0, 0.1) is 6.92 Å². The highest BCUT2D eigenvalue weighted by atomic mass is 35.5. The summed E-state index contributed by atoms with van der Waals surface area (Å²) in [5, 5.41) is 9.38. The summed E-state index contributed by atoms with van der Waals surface area (Å²) in [5.41, 5.74) is 1.16. The first-order valence-corrected chi connectivity index (χ1v) is 8.77. The molecule has 0 radical (unpaired) electrons. The van der Waals surface area contributed by atoms with Gasteiger partial charge in [-0.25, -0.2) is 9.48 Å². The molecular formula is C18H21ClN4O4. The normalized spacial score (nSPS) is 11.6. The smallest absolute Gasteiger partial charge is 0.343 e. The summed E-state index contributed by atoms with van der Waals surface area (Å²) in [6, 6.07) is 8.35. The number of para-hydroxylation sites is 1. The Bertz CT molecular complexity index is 835. The number of halogens is 1. The minimum atomic E-state index is -0.763. The largest absolute Gasteiger partial charge is 0.452 e. The van der Waals surface area contributed by atoms with E-state index in [1.165, 1.54) is 11.6 Å². The van der Waals surface area contributed by atoms with Gasteiger partial charge in [0.15, 0.2) is 6.61 Å². The van der Waals surface area contributed by atoms with Gasteiger partial charge in [0.1, 0.15) is 16.8 Å². The van der Waals surface area contributed by atoms with E-state index >= 15 is 0 Å². The molecule has 9 heteroatoms. The van der Waals surface area contributed by atoms with Crippen molar-refractivity contribution in [1.82, 2.24) is 20.4 Å². The molecule has 2 amide bonds. The van der Waals surface area contributed by atoms with Crippen molar-refractivity contribution in [3.05, 3.63) is 46.7 Å². The van der Waals surface area contributed by atoms with Crippen LogP contribution in [0.3, 0.4) is 0 Å². The number of ether oxygens (including phenoxy) is 1. The number of aromatic nitrogens is 2. The van der Waals surface area contributed by atoms with Crippen molar-refractivity contribution in [2.75, 3.05) is 13.2 Å². The average molecular weight is 393 g/mol. The zero-order valence-electron chi connectivity index (χ0n) is 15.3. The molecule has 2 aromatic rings. The van der Waals surface area contributed by atoms with E-state index in [1.54, 1.807) is 26.0 Å². The molecule has 0 bridgehead atoms. The lowest BCUT2D eigenvalue weighted by Crippen LogP contribution is -2.46. The monoisotopic (exact) mass is 392 g/mol. The molecule has 0 fully saturated rings. The molecule has 2 rings (SSSR count). The number of hydrogen-bond acceptors (Lipinski definition) is 5. The van der Waals surface area contributed by atoms with E-state index in [0.29, 0.717) is 17.9 Å². The van der Waals surface area contributed by atoms with Gasteiger partial charge in [0.05, 0.1) is 11.4 Å². The Hall–Kier alpha value is -2.87. The van der Waals surface area contributed by atoms with Gasteiger partial charge in [0, 0.05) is 6.54 Å². The van der Waals surface area contributed by atoms with Crippen molar-refractivity contribution in [3.63, 3.8) is 0 Å². The van der Waals surface area contributed by atoms with Crippen molar-refractivity contribution < 1.29 is 19.1 Å². The third kappa shape index (κ3) is 5.07. The summed E-state index contributed by atoms with van der Waals surface area (Å²) in [7, 11) is 0. The van der Waals surface area contributed by atoms with E-state index in [-0.39, 0.29) is 16.6 Å². The van der Waals surface area contributed by atoms with E-state index < -0.39 is 24.5 Å². The zero-order valence-corrected chi connectivity index (χ0v) is 16.0. The van der Waals surface area contributed by atoms with E-state index in [1.807, 2.05) is 18.2 Å². The van der Waals surface area contributed by atoms with Crippen LogP contribution in [0.5, 0.6) is 0 Å². The molecular weight excluding hydrogens is 372 g/mol. The van der Waals surface area contributed by atoms with Gasteiger partial charge in [-0.15, -0.1) is 0 Å². The highest BCUT2D eigenvalue weighted by molar-refractivity contribution is 6.33. The minimum Gasteiger partial charge on any atom is -0.452 e. The third-order valence-electron chi connectivity index (χ3n) is 3.67. The molecule has 0 saturated heterocycles. The Morgan fingerprint density at radius 1 is 1.26 bits per heavy atom. The summed E-state index contributed by atoms with van der Waals surface area (Å²) >= 11 is 6.28. The molecule has 1 aromatic heterocycles. The van der Waals surface area contributed by atoms with Crippen molar-refractivity contribution in [2.24, 2.45) is 0 Å². The first kappa shape index (κ1) is 20.4. The Morgan fingerprint density at radius 3 is 2.56 bits per heavy atom. The van der Waals surface area contributed by atoms with Crippen LogP contribution < -0.4 is 10.6 Å². The van der Waals surface area contributed by atoms with Crippen LogP contribution in [0.2, 0.25) is 5.15 Å². The van der Waals surface area contributed by atoms with Gasteiger partial charge in [0.2, 0.25) is 5.91 Å². The Balaban J connectivity index is 2.01. The molecule has 144 valence electrons. The molecule has 0 aliphatic heterocycles. The number of rotatable bonds is 7. The average Bonchev–Trinajstić information content (AvgIpc) is 2.95. The summed E-state index contributed by atoms with van der Waals surface area (Å²) in [6.45, 7) is 4.86. The van der Waals surface area contributed by atoms with Gasteiger partial charge < -0.3 is 15.4 Å². The van der Waals surface area contributed by atoms with Crippen molar-refractivity contribution in [1.29, 1.82) is 0 Å². The molecule has 2 N–H and O–H groups in total. The number of nitrogens with zero attached hydrogens (tertiary/aromatic N) is 2. The molecule has 1 heterocycles. The van der Waals surface area contributed by atoms with E-state index in [2.05, 4.69) is 15.7 Å². The predicted molar refractivity (Wildman–Crippen MR) is 99.9 cm³/mol. The maximum Gasteiger partial charge on any atom is 0.343 e. The second-order valence-electron chi connectivity index (χ2n) is 5.76. The molecule has 27 heavy (non-hydrogen) atoms. The molecule has 0 aliphatic rings.